The number of methoxy groups -OCH3 is 2. The number of rotatable bonds is 4. The van der Waals surface area contributed by atoms with Crippen LogP contribution in [0.5, 0.6) is 11.5 Å². The minimum atomic E-state index is -0.877. The van der Waals surface area contributed by atoms with Gasteiger partial charge in [-0.3, -0.25) is 14.9 Å². The van der Waals surface area contributed by atoms with Crippen LogP contribution < -0.4 is 19.7 Å². The molecule has 4 amide bonds. The first-order valence-corrected chi connectivity index (χ1v) is 7.22. The van der Waals surface area contributed by atoms with Crippen molar-refractivity contribution >= 4 is 29.6 Å². The number of barbiturate groups is 1. The van der Waals surface area contributed by atoms with Crippen LogP contribution in [0.3, 0.4) is 0 Å². The number of amides is 4. The summed E-state index contributed by atoms with van der Waals surface area (Å²) < 4.78 is 15.5. The van der Waals surface area contributed by atoms with E-state index in [0.29, 0.717) is 11.5 Å². The number of carbonyl (C=O) groups is 3. The van der Waals surface area contributed by atoms with Gasteiger partial charge in [-0.15, -0.1) is 0 Å². The van der Waals surface area contributed by atoms with Crippen molar-refractivity contribution in [2.75, 3.05) is 19.1 Å². The average Bonchev–Trinajstić information content (AvgIpc) is 3.11. The molecular weight excluding hydrogens is 328 g/mol. The number of hydrogen-bond donors (Lipinski definition) is 1. The van der Waals surface area contributed by atoms with Crippen LogP contribution in [-0.4, -0.2) is 32.1 Å². The third-order valence-electron chi connectivity index (χ3n) is 3.56. The first kappa shape index (κ1) is 16.3. The molecule has 1 aromatic heterocycles. The second kappa shape index (κ2) is 6.52. The fourth-order valence-electron chi connectivity index (χ4n) is 2.36. The standard InChI is InChI=1S/C17H14N2O6/c1-23-10-5-6-14(24-2)13(9-10)19-16(21)12(15(20)18-17(19)22)8-11-4-3-7-25-11/h3-9H,1-2H3,(H,18,20,22)/b12-8+. The Morgan fingerprint density at radius 1 is 1.12 bits per heavy atom. The number of hydrogen-bond acceptors (Lipinski definition) is 6. The van der Waals surface area contributed by atoms with E-state index in [4.69, 9.17) is 13.9 Å². The quantitative estimate of drug-likeness (QED) is 0.674. The molecule has 2 aromatic rings. The number of furan rings is 1. The van der Waals surface area contributed by atoms with Gasteiger partial charge in [0.2, 0.25) is 0 Å². The lowest BCUT2D eigenvalue weighted by molar-refractivity contribution is -0.122. The van der Waals surface area contributed by atoms with E-state index in [1.54, 1.807) is 24.3 Å². The molecule has 0 radical (unpaired) electrons. The fourth-order valence-corrected chi connectivity index (χ4v) is 2.36. The summed E-state index contributed by atoms with van der Waals surface area (Å²) in [6.07, 6.45) is 2.68. The first-order valence-electron chi connectivity index (χ1n) is 7.22. The molecule has 0 spiro atoms. The molecule has 8 nitrogen and oxygen atoms in total. The lowest BCUT2D eigenvalue weighted by Gasteiger charge is -2.27. The predicted molar refractivity (Wildman–Crippen MR) is 87.3 cm³/mol. The second-order valence-electron chi connectivity index (χ2n) is 5.01. The van der Waals surface area contributed by atoms with Crippen LogP contribution >= 0.6 is 0 Å². The molecule has 3 rings (SSSR count). The number of imide groups is 2. The molecule has 1 aromatic carbocycles. The summed E-state index contributed by atoms with van der Waals surface area (Å²) in [6.45, 7) is 0. The minimum Gasteiger partial charge on any atom is -0.497 e. The molecular formula is C17H14N2O6. The monoisotopic (exact) mass is 342 g/mol. The van der Waals surface area contributed by atoms with Gasteiger partial charge < -0.3 is 13.9 Å². The Labute approximate surface area is 142 Å². The van der Waals surface area contributed by atoms with Gasteiger partial charge in [0.15, 0.2) is 0 Å². The van der Waals surface area contributed by atoms with E-state index in [2.05, 4.69) is 5.32 Å². The van der Waals surface area contributed by atoms with Crippen molar-refractivity contribution in [2.24, 2.45) is 0 Å². The molecule has 0 aliphatic carbocycles. The number of urea groups is 1. The topological polar surface area (TPSA) is 98.1 Å². The molecule has 2 heterocycles. The maximum Gasteiger partial charge on any atom is 0.336 e. The molecule has 0 atom stereocenters. The van der Waals surface area contributed by atoms with Crippen LogP contribution in [0.2, 0.25) is 0 Å². The molecule has 1 N–H and O–H groups in total. The summed E-state index contributed by atoms with van der Waals surface area (Å²) in [7, 11) is 2.86. The van der Waals surface area contributed by atoms with Gasteiger partial charge in [0.1, 0.15) is 22.8 Å². The van der Waals surface area contributed by atoms with E-state index < -0.39 is 17.8 Å². The molecule has 128 valence electrons. The van der Waals surface area contributed by atoms with Gasteiger partial charge in [0.25, 0.3) is 11.8 Å². The molecule has 1 fully saturated rings. The Morgan fingerprint density at radius 2 is 1.92 bits per heavy atom. The molecule has 8 heteroatoms. The normalized spacial score (nSPS) is 16.2. The SMILES string of the molecule is COc1ccc(OC)c(N2C(=O)NC(=O)/C(=C\c3ccco3)C2=O)c1. The van der Waals surface area contributed by atoms with Crippen molar-refractivity contribution in [1.29, 1.82) is 0 Å². The van der Waals surface area contributed by atoms with Gasteiger partial charge in [0, 0.05) is 6.07 Å². The predicted octanol–water partition coefficient (Wildman–Crippen LogP) is 1.96. The van der Waals surface area contributed by atoms with Crippen molar-refractivity contribution in [3.63, 3.8) is 0 Å². The third kappa shape index (κ3) is 2.97. The van der Waals surface area contributed by atoms with Gasteiger partial charge in [-0.25, -0.2) is 9.69 Å². The van der Waals surface area contributed by atoms with Crippen molar-refractivity contribution < 1.29 is 28.3 Å². The van der Waals surface area contributed by atoms with E-state index in [1.165, 1.54) is 32.6 Å². The summed E-state index contributed by atoms with van der Waals surface area (Å²) in [5, 5.41) is 2.13. The summed E-state index contributed by atoms with van der Waals surface area (Å²) in [5.74, 6) is -0.590. The second-order valence-corrected chi connectivity index (χ2v) is 5.01. The number of benzene rings is 1. The van der Waals surface area contributed by atoms with Gasteiger partial charge in [-0.1, -0.05) is 0 Å². The maximum absolute atomic E-state index is 12.8. The highest BCUT2D eigenvalue weighted by Gasteiger charge is 2.38. The zero-order chi connectivity index (χ0) is 18.0. The Bertz CT molecular complexity index is 869. The largest absolute Gasteiger partial charge is 0.497 e. The number of nitrogens with zero attached hydrogens (tertiary/aromatic N) is 1. The minimum absolute atomic E-state index is 0.155. The highest BCUT2D eigenvalue weighted by molar-refractivity contribution is 6.39. The summed E-state index contributed by atoms with van der Waals surface area (Å²) >= 11 is 0. The summed E-state index contributed by atoms with van der Waals surface area (Å²) in [5.41, 5.74) is -0.0818. The van der Waals surface area contributed by atoms with Gasteiger partial charge >= 0.3 is 6.03 Å². The van der Waals surface area contributed by atoms with Gasteiger partial charge in [-0.2, -0.15) is 0 Å². The van der Waals surface area contributed by atoms with Crippen LogP contribution in [0.4, 0.5) is 10.5 Å². The van der Waals surface area contributed by atoms with Crippen LogP contribution in [0.25, 0.3) is 6.08 Å². The van der Waals surface area contributed by atoms with E-state index >= 15 is 0 Å². The van der Waals surface area contributed by atoms with Crippen molar-refractivity contribution in [3.05, 3.63) is 47.9 Å². The lowest BCUT2D eigenvalue weighted by atomic mass is 10.1. The summed E-state index contributed by atoms with van der Waals surface area (Å²) in [4.78, 5) is 37.9. The maximum atomic E-state index is 12.8. The van der Waals surface area contributed by atoms with Crippen LogP contribution in [0.1, 0.15) is 5.76 Å². The lowest BCUT2D eigenvalue weighted by Crippen LogP contribution is -2.54. The molecule has 1 aliphatic heterocycles. The highest BCUT2D eigenvalue weighted by atomic mass is 16.5. The Hall–Kier alpha value is -3.55. The van der Waals surface area contributed by atoms with Crippen molar-refractivity contribution in [1.82, 2.24) is 5.32 Å². The van der Waals surface area contributed by atoms with E-state index in [9.17, 15) is 14.4 Å². The fraction of sp³-hybridized carbons (Fsp3) is 0.118. The molecule has 0 bridgehead atoms. The molecule has 1 aliphatic rings. The zero-order valence-corrected chi connectivity index (χ0v) is 13.4. The smallest absolute Gasteiger partial charge is 0.336 e. The molecule has 0 saturated carbocycles. The Balaban J connectivity index is 2.08. The molecule has 1 saturated heterocycles. The van der Waals surface area contributed by atoms with E-state index in [1.807, 2.05) is 0 Å². The van der Waals surface area contributed by atoms with E-state index in [0.717, 1.165) is 4.90 Å². The first-order chi connectivity index (χ1) is 12.0. The third-order valence-corrected chi connectivity index (χ3v) is 3.56. The highest BCUT2D eigenvalue weighted by Crippen LogP contribution is 2.34. The van der Waals surface area contributed by atoms with Crippen LogP contribution in [0, 0.1) is 0 Å². The average molecular weight is 342 g/mol. The number of ether oxygens (including phenoxy) is 2. The molecule has 0 unspecified atom stereocenters. The van der Waals surface area contributed by atoms with E-state index in [-0.39, 0.29) is 17.0 Å². The number of anilines is 1. The number of nitrogens with one attached hydrogen (secondary N) is 1. The van der Waals surface area contributed by atoms with Crippen LogP contribution in [0.15, 0.2) is 46.6 Å². The zero-order valence-electron chi connectivity index (χ0n) is 13.4. The van der Waals surface area contributed by atoms with Crippen molar-refractivity contribution in [3.8, 4) is 11.5 Å². The summed E-state index contributed by atoms with van der Waals surface area (Å²) in [6, 6.07) is 6.97. The number of carbonyl (C=O) groups excluding carboxylic acids is 3. The Kier molecular flexibility index (Phi) is 4.25. The van der Waals surface area contributed by atoms with Gasteiger partial charge in [0.05, 0.1) is 26.2 Å². The Morgan fingerprint density at radius 3 is 2.56 bits per heavy atom. The molecule has 25 heavy (non-hydrogen) atoms. The van der Waals surface area contributed by atoms with Crippen molar-refractivity contribution in [2.45, 2.75) is 0 Å². The van der Waals surface area contributed by atoms with Gasteiger partial charge in [-0.05, 0) is 30.3 Å². The van der Waals surface area contributed by atoms with Crippen LogP contribution in [-0.2, 0) is 9.59 Å².